The highest BCUT2D eigenvalue weighted by Crippen LogP contribution is 2.35. The SMILES string of the molecule is CC1CCN(C(=O)c2cccc(OCC(=O)O)c2)C(c2ccco2)C1. The molecule has 0 saturated carbocycles. The first-order valence-electron chi connectivity index (χ1n) is 8.33. The van der Waals surface area contributed by atoms with Crippen molar-refractivity contribution in [2.45, 2.75) is 25.8 Å². The minimum absolute atomic E-state index is 0.0881. The van der Waals surface area contributed by atoms with Crippen LogP contribution in [0.25, 0.3) is 0 Å². The third-order valence-corrected chi connectivity index (χ3v) is 4.44. The molecule has 0 bridgehead atoms. The molecule has 2 atom stereocenters. The second kappa shape index (κ2) is 7.42. The van der Waals surface area contributed by atoms with Crippen LogP contribution < -0.4 is 4.74 Å². The Morgan fingerprint density at radius 1 is 1.32 bits per heavy atom. The molecule has 1 fully saturated rings. The van der Waals surface area contributed by atoms with Gasteiger partial charge in [-0.05, 0) is 49.1 Å². The number of likely N-dealkylation sites (tertiary alicyclic amines) is 1. The molecule has 6 heteroatoms. The zero-order valence-electron chi connectivity index (χ0n) is 14.1. The lowest BCUT2D eigenvalue weighted by Gasteiger charge is -2.37. The molecule has 0 radical (unpaired) electrons. The highest BCUT2D eigenvalue weighted by atomic mass is 16.5. The Kier molecular flexibility index (Phi) is 5.07. The number of carbonyl (C=O) groups is 2. The molecule has 2 heterocycles. The van der Waals surface area contributed by atoms with Gasteiger partial charge in [0.1, 0.15) is 11.5 Å². The van der Waals surface area contributed by atoms with Crippen molar-refractivity contribution >= 4 is 11.9 Å². The van der Waals surface area contributed by atoms with Crippen LogP contribution in [0.3, 0.4) is 0 Å². The van der Waals surface area contributed by atoms with Crippen LogP contribution in [0.2, 0.25) is 0 Å². The summed E-state index contributed by atoms with van der Waals surface area (Å²) in [6.45, 7) is 2.40. The molecule has 1 N–H and O–H groups in total. The highest BCUT2D eigenvalue weighted by molar-refractivity contribution is 5.95. The van der Waals surface area contributed by atoms with Crippen LogP contribution in [0.5, 0.6) is 5.75 Å². The van der Waals surface area contributed by atoms with Gasteiger partial charge in [0.15, 0.2) is 6.61 Å². The molecule has 2 aromatic rings. The zero-order valence-corrected chi connectivity index (χ0v) is 14.1. The van der Waals surface area contributed by atoms with Crippen LogP contribution in [0.15, 0.2) is 47.1 Å². The third-order valence-electron chi connectivity index (χ3n) is 4.44. The Hall–Kier alpha value is -2.76. The molecule has 1 aromatic carbocycles. The second-order valence-electron chi connectivity index (χ2n) is 6.37. The predicted molar refractivity (Wildman–Crippen MR) is 90.5 cm³/mol. The van der Waals surface area contributed by atoms with Gasteiger partial charge in [0, 0.05) is 12.1 Å². The number of furan rings is 1. The number of benzene rings is 1. The van der Waals surface area contributed by atoms with E-state index in [2.05, 4.69) is 6.92 Å². The van der Waals surface area contributed by atoms with Gasteiger partial charge < -0.3 is 19.2 Å². The molecule has 1 saturated heterocycles. The average Bonchev–Trinajstić information content (AvgIpc) is 3.14. The summed E-state index contributed by atoms with van der Waals surface area (Å²) in [6, 6.07) is 10.3. The minimum Gasteiger partial charge on any atom is -0.482 e. The summed E-state index contributed by atoms with van der Waals surface area (Å²) in [6.07, 6.45) is 3.42. The number of rotatable bonds is 5. The lowest BCUT2D eigenvalue weighted by Crippen LogP contribution is -2.40. The van der Waals surface area contributed by atoms with Gasteiger partial charge in [-0.25, -0.2) is 4.79 Å². The van der Waals surface area contributed by atoms with Gasteiger partial charge in [0.2, 0.25) is 0 Å². The van der Waals surface area contributed by atoms with Crippen LogP contribution in [0, 0.1) is 5.92 Å². The Morgan fingerprint density at radius 2 is 2.16 bits per heavy atom. The van der Waals surface area contributed by atoms with Gasteiger partial charge in [0.05, 0.1) is 12.3 Å². The van der Waals surface area contributed by atoms with E-state index in [0.29, 0.717) is 23.8 Å². The maximum absolute atomic E-state index is 13.0. The van der Waals surface area contributed by atoms with E-state index < -0.39 is 12.6 Å². The highest BCUT2D eigenvalue weighted by Gasteiger charge is 2.33. The number of piperidine rings is 1. The lowest BCUT2D eigenvalue weighted by molar-refractivity contribution is -0.139. The van der Waals surface area contributed by atoms with E-state index >= 15 is 0 Å². The van der Waals surface area contributed by atoms with Crippen LogP contribution in [-0.4, -0.2) is 35.0 Å². The van der Waals surface area contributed by atoms with Gasteiger partial charge in [-0.1, -0.05) is 13.0 Å². The smallest absolute Gasteiger partial charge is 0.341 e. The molecule has 25 heavy (non-hydrogen) atoms. The molecule has 1 aliphatic heterocycles. The van der Waals surface area contributed by atoms with Crippen LogP contribution in [0.4, 0.5) is 0 Å². The Balaban J connectivity index is 1.81. The van der Waals surface area contributed by atoms with Crippen molar-refractivity contribution in [2.24, 2.45) is 5.92 Å². The first-order valence-corrected chi connectivity index (χ1v) is 8.33. The third kappa shape index (κ3) is 4.02. The first kappa shape index (κ1) is 17.1. The van der Waals surface area contributed by atoms with E-state index in [-0.39, 0.29) is 11.9 Å². The number of ether oxygens (including phenoxy) is 1. The van der Waals surface area contributed by atoms with Crippen molar-refractivity contribution in [2.75, 3.05) is 13.2 Å². The van der Waals surface area contributed by atoms with E-state index in [1.54, 1.807) is 30.5 Å². The first-order chi connectivity index (χ1) is 12.0. The van der Waals surface area contributed by atoms with E-state index in [9.17, 15) is 9.59 Å². The minimum atomic E-state index is -1.06. The van der Waals surface area contributed by atoms with Crippen molar-refractivity contribution in [1.82, 2.24) is 4.90 Å². The van der Waals surface area contributed by atoms with E-state index in [1.165, 1.54) is 0 Å². The molecule has 6 nitrogen and oxygen atoms in total. The maximum Gasteiger partial charge on any atom is 0.341 e. The molecule has 132 valence electrons. The molecule has 3 rings (SSSR count). The summed E-state index contributed by atoms with van der Waals surface area (Å²) in [4.78, 5) is 25.5. The molecule has 1 amide bonds. The van der Waals surface area contributed by atoms with Gasteiger partial charge >= 0.3 is 5.97 Å². The zero-order chi connectivity index (χ0) is 17.8. The Labute approximate surface area is 146 Å². The summed E-state index contributed by atoms with van der Waals surface area (Å²) in [7, 11) is 0. The quantitative estimate of drug-likeness (QED) is 0.900. The fraction of sp³-hybridized carbons (Fsp3) is 0.368. The number of hydrogen-bond acceptors (Lipinski definition) is 4. The summed E-state index contributed by atoms with van der Waals surface area (Å²) in [5, 5.41) is 8.71. The topological polar surface area (TPSA) is 80.0 Å². The number of aliphatic carboxylic acids is 1. The van der Waals surface area contributed by atoms with Crippen molar-refractivity contribution in [3.05, 3.63) is 54.0 Å². The lowest BCUT2D eigenvalue weighted by atomic mass is 9.90. The van der Waals surface area contributed by atoms with Crippen LogP contribution in [-0.2, 0) is 4.79 Å². The Morgan fingerprint density at radius 3 is 2.88 bits per heavy atom. The summed E-state index contributed by atoms with van der Waals surface area (Å²) in [5.74, 6) is 0.518. The predicted octanol–water partition coefficient (Wildman–Crippen LogP) is 3.36. The number of nitrogens with zero attached hydrogens (tertiary/aromatic N) is 1. The summed E-state index contributed by atoms with van der Waals surface area (Å²) in [5.41, 5.74) is 0.481. The molecular weight excluding hydrogens is 322 g/mol. The molecule has 1 aromatic heterocycles. The van der Waals surface area contributed by atoms with E-state index in [4.69, 9.17) is 14.3 Å². The number of carboxylic acid groups (broad SMARTS) is 1. The number of amides is 1. The van der Waals surface area contributed by atoms with Gasteiger partial charge in [-0.3, -0.25) is 4.79 Å². The largest absolute Gasteiger partial charge is 0.482 e. The van der Waals surface area contributed by atoms with E-state index in [1.807, 2.05) is 17.0 Å². The number of hydrogen-bond donors (Lipinski definition) is 1. The fourth-order valence-electron chi connectivity index (χ4n) is 3.17. The molecule has 1 aliphatic rings. The molecule has 0 spiro atoms. The molecule has 2 unspecified atom stereocenters. The van der Waals surface area contributed by atoms with Crippen LogP contribution in [0.1, 0.15) is 41.9 Å². The van der Waals surface area contributed by atoms with Crippen molar-refractivity contribution in [3.63, 3.8) is 0 Å². The van der Waals surface area contributed by atoms with Crippen molar-refractivity contribution < 1.29 is 23.8 Å². The van der Waals surface area contributed by atoms with Gasteiger partial charge in [-0.2, -0.15) is 0 Å². The fourth-order valence-corrected chi connectivity index (χ4v) is 3.17. The maximum atomic E-state index is 13.0. The van der Waals surface area contributed by atoms with Crippen molar-refractivity contribution in [3.8, 4) is 5.75 Å². The number of carboxylic acids is 1. The monoisotopic (exact) mass is 343 g/mol. The van der Waals surface area contributed by atoms with E-state index in [0.717, 1.165) is 18.6 Å². The average molecular weight is 343 g/mol. The number of carbonyl (C=O) groups excluding carboxylic acids is 1. The molecular formula is C19H21NO5. The van der Waals surface area contributed by atoms with Gasteiger partial charge in [0.25, 0.3) is 5.91 Å². The summed E-state index contributed by atoms with van der Waals surface area (Å²) >= 11 is 0. The second-order valence-corrected chi connectivity index (χ2v) is 6.37. The molecule has 0 aliphatic carbocycles. The van der Waals surface area contributed by atoms with Crippen LogP contribution >= 0.6 is 0 Å². The van der Waals surface area contributed by atoms with Crippen molar-refractivity contribution in [1.29, 1.82) is 0 Å². The Bertz CT molecular complexity index is 740. The van der Waals surface area contributed by atoms with Gasteiger partial charge in [-0.15, -0.1) is 0 Å². The standard InChI is InChI=1S/C19H21NO5/c1-13-7-8-20(16(10-13)17-6-3-9-24-17)19(23)14-4-2-5-15(11-14)25-12-18(21)22/h2-6,9,11,13,16H,7-8,10,12H2,1H3,(H,21,22). The summed E-state index contributed by atoms with van der Waals surface area (Å²) < 4.78 is 10.7. The normalized spacial score (nSPS) is 20.3.